The number of hydrogen-bond acceptors (Lipinski definition) is 3. The van der Waals surface area contributed by atoms with Crippen molar-refractivity contribution in [2.45, 2.75) is 33.0 Å². The molecule has 0 radical (unpaired) electrons. The highest BCUT2D eigenvalue weighted by Gasteiger charge is 2.05. The summed E-state index contributed by atoms with van der Waals surface area (Å²) in [4.78, 5) is 3.93. The maximum absolute atomic E-state index is 5.94. The Labute approximate surface area is 112 Å². The molecule has 4 nitrogen and oxygen atoms in total. The van der Waals surface area contributed by atoms with Crippen molar-refractivity contribution in [2.75, 3.05) is 0 Å². The van der Waals surface area contributed by atoms with Gasteiger partial charge in [-0.3, -0.25) is 4.68 Å². The molecule has 5 heteroatoms. The van der Waals surface area contributed by atoms with Gasteiger partial charge in [-0.05, 0) is 37.1 Å². The van der Waals surface area contributed by atoms with Crippen LogP contribution in [0.2, 0.25) is 5.02 Å². The van der Waals surface area contributed by atoms with E-state index < -0.39 is 0 Å². The lowest BCUT2D eigenvalue weighted by molar-refractivity contribution is 0.449. The highest BCUT2D eigenvalue weighted by atomic mass is 35.5. The van der Waals surface area contributed by atoms with E-state index in [0.29, 0.717) is 6.04 Å². The Kier molecular flexibility index (Phi) is 4.33. The quantitative estimate of drug-likeness (QED) is 0.902. The van der Waals surface area contributed by atoms with Gasteiger partial charge in [0, 0.05) is 17.6 Å². The highest BCUT2D eigenvalue weighted by molar-refractivity contribution is 6.30. The third kappa shape index (κ3) is 3.55. The van der Waals surface area contributed by atoms with E-state index in [2.05, 4.69) is 35.3 Å². The van der Waals surface area contributed by atoms with Gasteiger partial charge in [0.05, 0.1) is 6.54 Å². The molecule has 0 amide bonds. The van der Waals surface area contributed by atoms with Crippen LogP contribution in [0.4, 0.5) is 0 Å². The van der Waals surface area contributed by atoms with Crippen LogP contribution in [0.5, 0.6) is 0 Å². The summed E-state index contributed by atoms with van der Waals surface area (Å²) < 4.78 is 1.83. The van der Waals surface area contributed by atoms with E-state index >= 15 is 0 Å². The van der Waals surface area contributed by atoms with Crippen molar-refractivity contribution in [3.05, 3.63) is 47.0 Å². The maximum Gasteiger partial charge on any atom is 0.137 e. The Hall–Kier alpha value is -1.39. The topological polar surface area (TPSA) is 42.7 Å². The molecule has 0 fully saturated rings. The minimum atomic E-state index is 0.335. The second-order valence-electron chi connectivity index (χ2n) is 4.47. The SMILES string of the molecule is Cc1cc(Cl)ccc1CNC(C)Cn1cncn1. The van der Waals surface area contributed by atoms with Crippen molar-refractivity contribution >= 4 is 11.6 Å². The monoisotopic (exact) mass is 264 g/mol. The zero-order chi connectivity index (χ0) is 13.0. The molecule has 0 aliphatic heterocycles. The summed E-state index contributed by atoms with van der Waals surface area (Å²) >= 11 is 5.94. The molecule has 1 heterocycles. The number of aromatic nitrogens is 3. The van der Waals surface area contributed by atoms with Crippen LogP contribution in [0.25, 0.3) is 0 Å². The third-order valence-electron chi connectivity index (χ3n) is 2.87. The maximum atomic E-state index is 5.94. The molecule has 0 aliphatic carbocycles. The standard InChI is InChI=1S/C13H17ClN4/c1-10-5-13(14)4-3-12(10)6-16-11(2)7-18-9-15-8-17-18/h3-5,8-9,11,16H,6-7H2,1-2H3. The van der Waals surface area contributed by atoms with Gasteiger partial charge in [-0.25, -0.2) is 4.98 Å². The molecule has 18 heavy (non-hydrogen) atoms. The first-order valence-corrected chi connectivity index (χ1v) is 6.34. The van der Waals surface area contributed by atoms with Crippen molar-refractivity contribution in [1.29, 1.82) is 0 Å². The summed E-state index contributed by atoms with van der Waals surface area (Å²) in [6, 6.07) is 6.31. The van der Waals surface area contributed by atoms with E-state index in [0.717, 1.165) is 18.1 Å². The average molecular weight is 265 g/mol. The van der Waals surface area contributed by atoms with E-state index in [1.165, 1.54) is 11.1 Å². The molecule has 1 aromatic heterocycles. The number of hydrogen-bond donors (Lipinski definition) is 1. The molecular weight excluding hydrogens is 248 g/mol. The van der Waals surface area contributed by atoms with E-state index in [-0.39, 0.29) is 0 Å². The fourth-order valence-electron chi connectivity index (χ4n) is 1.81. The fraction of sp³-hybridized carbons (Fsp3) is 0.385. The largest absolute Gasteiger partial charge is 0.308 e. The van der Waals surface area contributed by atoms with E-state index in [1.54, 1.807) is 12.7 Å². The van der Waals surface area contributed by atoms with Crippen LogP contribution in [-0.2, 0) is 13.1 Å². The van der Waals surface area contributed by atoms with Gasteiger partial charge in [0.25, 0.3) is 0 Å². The molecule has 2 rings (SSSR count). The molecule has 96 valence electrons. The summed E-state index contributed by atoms with van der Waals surface area (Å²) in [7, 11) is 0. The number of rotatable bonds is 5. The normalized spacial score (nSPS) is 12.6. The van der Waals surface area contributed by atoms with E-state index in [4.69, 9.17) is 11.6 Å². The third-order valence-corrected chi connectivity index (χ3v) is 3.11. The van der Waals surface area contributed by atoms with Crippen LogP contribution in [-0.4, -0.2) is 20.8 Å². The zero-order valence-electron chi connectivity index (χ0n) is 10.6. The summed E-state index contributed by atoms with van der Waals surface area (Å²) in [5, 5.41) is 8.34. The number of benzene rings is 1. The molecule has 0 spiro atoms. The lowest BCUT2D eigenvalue weighted by atomic mass is 10.1. The van der Waals surface area contributed by atoms with Gasteiger partial charge >= 0.3 is 0 Å². The summed E-state index contributed by atoms with van der Waals surface area (Å²) in [5.41, 5.74) is 2.48. The van der Waals surface area contributed by atoms with Gasteiger partial charge in [-0.1, -0.05) is 17.7 Å². The molecule has 0 saturated carbocycles. The minimum absolute atomic E-state index is 0.335. The summed E-state index contributed by atoms with van der Waals surface area (Å²) in [5.74, 6) is 0. The van der Waals surface area contributed by atoms with Gasteiger partial charge in [-0.2, -0.15) is 5.10 Å². The predicted molar refractivity (Wildman–Crippen MR) is 72.5 cm³/mol. The predicted octanol–water partition coefficient (Wildman–Crippen LogP) is 2.42. The second kappa shape index (κ2) is 5.98. The Morgan fingerprint density at radius 3 is 2.94 bits per heavy atom. The van der Waals surface area contributed by atoms with Crippen LogP contribution in [0, 0.1) is 6.92 Å². The van der Waals surface area contributed by atoms with Crippen molar-refractivity contribution in [1.82, 2.24) is 20.1 Å². The van der Waals surface area contributed by atoms with Gasteiger partial charge in [0.1, 0.15) is 12.7 Å². The van der Waals surface area contributed by atoms with E-state index in [1.807, 2.05) is 16.8 Å². The Morgan fingerprint density at radius 2 is 2.28 bits per heavy atom. The molecule has 0 saturated heterocycles. The van der Waals surface area contributed by atoms with Crippen LogP contribution < -0.4 is 5.32 Å². The van der Waals surface area contributed by atoms with Crippen molar-refractivity contribution in [3.63, 3.8) is 0 Å². The number of aryl methyl sites for hydroxylation is 1. The summed E-state index contributed by atoms with van der Waals surface area (Å²) in [6.07, 6.45) is 3.28. The van der Waals surface area contributed by atoms with E-state index in [9.17, 15) is 0 Å². The van der Waals surface area contributed by atoms with Crippen molar-refractivity contribution in [3.8, 4) is 0 Å². The molecule has 2 aromatic rings. The van der Waals surface area contributed by atoms with Gasteiger partial charge in [0.2, 0.25) is 0 Å². The number of nitrogens with one attached hydrogen (secondary N) is 1. The molecular formula is C13H17ClN4. The molecule has 0 aliphatic rings. The van der Waals surface area contributed by atoms with Crippen LogP contribution in [0.3, 0.4) is 0 Å². The number of nitrogens with zero attached hydrogens (tertiary/aromatic N) is 3. The van der Waals surface area contributed by atoms with Gasteiger partial charge in [-0.15, -0.1) is 0 Å². The first kappa shape index (κ1) is 13.1. The molecule has 1 aromatic carbocycles. The first-order chi connectivity index (χ1) is 8.65. The Bertz CT molecular complexity index is 496. The second-order valence-corrected chi connectivity index (χ2v) is 4.91. The molecule has 1 atom stereocenters. The zero-order valence-corrected chi connectivity index (χ0v) is 11.4. The molecule has 1 N–H and O–H groups in total. The minimum Gasteiger partial charge on any atom is -0.308 e. The first-order valence-electron chi connectivity index (χ1n) is 5.96. The fourth-order valence-corrected chi connectivity index (χ4v) is 2.04. The van der Waals surface area contributed by atoms with Crippen LogP contribution in [0.1, 0.15) is 18.1 Å². The molecule has 1 unspecified atom stereocenters. The lowest BCUT2D eigenvalue weighted by Gasteiger charge is -2.14. The average Bonchev–Trinajstić information content (AvgIpc) is 2.80. The van der Waals surface area contributed by atoms with Crippen molar-refractivity contribution in [2.24, 2.45) is 0 Å². The lowest BCUT2D eigenvalue weighted by Crippen LogP contribution is -2.30. The molecule has 0 bridgehead atoms. The van der Waals surface area contributed by atoms with Crippen molar-refractivity contribution < 1.29 is 0 Å². The highest BCUT2D eigenvalue weighted by Crippen LogP contribution is 2.15. The summed E-state index contributed by atoms with van der Waals surface area (Å²) in [6.45, 7) is 5.85. The Balaban J connectivity index is 1.87. The van der Waals surface area contributed by atoms with Gasteiger partial charge < -0.3 is 5.32 Å². The van der Waals surface area contributed by atoms with Crippen LogP contribution in [0.15, 0.2) is 30.9 Å². The van der Waals surface area contributed by atoms with Gasteiger partial charge in [0.15, 0.2) is 0 Å². The number of halogens is 1. The smallest absolute Gasteiger partial charge is 0.137 e. The Morgan fingerprint density at radius 1 is 1.44 bits per heavy atom. The van der Waals surface area contributed by atoms with Crippen LogP contribution >= 0.6 is 11.6 Å².